The van der Waals surface area contributed by atoms with Crippen LogP contribution in [0.15, 0.2) is 75.3 Å². The third-order valence-corrected chi connectivity index (χ3v) is 6.94. The van der Waals surface area contributed by atoms with Gasteiger partial charge in [0.25, 0.3) is 10.0 Å². The van der Waals surface area contributed by atoms with Crippen LogP contribution < -0.4 is 4.72 Å². The molecule has 10 nitrogen and oxygen atoms in total. The van der Waals surface area contributed by atoms with Crippen LogP contribution >= 0.6 is 23.6 Å². The monoisotopic (exact) mass is 495 g/mol. The molecule has 0 saturated carbocycles. The highest BCUT2D eigenvalue weighted by Crippen LogP contribution is 2.23. The number of hydrogen-bond donors (Lipinski definition) is 1. The number of carbonyl (C=O) groups is 1. The van der Waals surface area contributed by atoms with Crippen molar-refractivity contribution in [3.63, 3.8) is 0 Å². The zero-order valence-corrected chi connectivity index (χ0v) is 19.0. The Kier molecular flexibility index (Phi) is 6.31. The van der Waals surface area contributed by atoms with Gasteiger partial charge in [-0.25, -0.2) is 23.1 Å². The maximum Gasteiger partial charge on any atom is 0.263 e. The van der Waals surface area contributed by atoms with E-state index in [0.29, 0.717) is 23.0 Å². The summed E-state index contributed by atoms with van der Waals surface area (Å²) in [6.07, 6.45) is 1.96. The van der Waals surface area contributed by atoms with Crippen LogP contribution in [0.2, 0.25) is 0 Å². The first kappa shape index (κ1) is 22.3. The quantitative estimate of drug-likeness (QED) is 0.228. The Bertz CT molecular complexity index is 1560. The van der Waals surface area contributed by atoms with Gasteiger partial charge < -0.3 is 4.79 Å². The van der Waals surface area contributed by atoms with Gasteiger partial charge in [-0.2, -0.15) is 5.26 Å². The summed E-state index contributed by atoms with van der Waals surface area (Å²) in [5.74, 6) is -1.14. The maximum absolute atomic E-state index is 12.5. The number of thiazole rings is 1. The summed E-state index contributed by atoms with van der Waals surface area (Å²) in [6.45, 7) is 0. The lowest BCUT2D eigenvalue weighted by atomic mass is 10.1. The number of anilines is 1. The normalized spacial score (nSPS) is 12.5. The molecule has 0 radical (unpaired) electrons. The highest BCUT2D eigenvalue weighted by Gasteiger charge is 2.18. The molecular weight excluding hydrogens is 482 g/mol. The highest BCUT2D eigenvalue weighted by molar-refractivity contribution is 7.93. The van der Waals surface area contributed by atoms with Crippen molar-refractivity contribution >= 4 is 61.7 Å². The molecule has 0 aliphatic rings. The van der Waals surface area contributed by atoms with Crippen LogP contribution in [0.4, 0.5) is 10.8 Å². The Morgan fingerprint density at radius 1 is 1.21 bits per heavy atom. The van der Waals surface area contributed by atoms with E-state index in [1.165, 1.54) is 46.5 Å². The van der Waals surface area contributed by atoms with Crippen molar-refractivity contribution in [3.05, 3.63) is 70.4 Å². The Hall–Kier alpha value is -3.86. The molecule has 13 heteroatoms. The predicted octanol–water partition coefficient (Wildman–Crippen LogP) is 4.38. The van der Waals surface area contributed by atoms with E-state index in [4.69, 9.17) is 12.2 Å². The lowest BCUT2D eigenvalue weighted by Gasteiger charge is -2.09. The van der Waals surface area contributed by atoms with Crippen molar-refractivity contribution in [2.75, 3.05) is 4.72 Å². The fraction of sp³-hybridized carbons (Fsp3) is 0.0500. The molecule has 0 aliphatic heterocycles. The number of nitriles is 1. The van der Waals surface area contributed by atoms with E-state index in [1.807, 2.05) is 6.07 Å². The van der Waals surface area contributed by atoms with Crippen molar-refractivity contribution in [2.24, 2.45) is 10.3 Å². The lowest BCUT2D eigenvalue weighted by molar-refractivity contribution is -0.108. The third-order valence-electron chi connectivity index (χ3n) is 4.38. The van der Waals surface area contributed by atoms with Crippen molar-refractivity contribution in [2.45, 2.75) is 10.8 Å². The van der Waals surface area contributed by atoms with Gasteiger partial charge in [0.2, 0.25) is 0 Å². The standard InChI is InChI=1S/C20H13N7O3S3/c21-11-13(12-28)18-19(31)27(17-4-2-1-3-16(17)23-18)26-24-14-5-7-15(8-6-14)33(29,30)25-20-22-9-10-32-20/h1-10,12-13H,(H,22,25). The molecule has 1 unspecified atom stereocenters. The van der Waals surface area contributed by atoms with Gasteiger partial charge in [0.15, 0.2) is 9.77 Å². The number of aldehydes is 1. The summed E-state index contributed by atoms with van der Waals surface area (Å²) >= 11 is 6.58. The molecule has 2 heterocycles. The first-order valence-corrected chi connectivity index (χ1v) is 12.0. The SMILES string of the molecule is N#CC(C=O)c1nc2ccccc2n(N=Nc2ccc(S(=O)(=O)Nc3nccs3)cc2)c1=S. The van der Waals surface area contributed by atoms with Gasteiger partial charge in [-0.15, -0.1) is 16.5 Å². The molecular formula is C20H13N7O3S3. The molecule has 0 amide bonds. The van der Waals surface area contributed by atoms with Gasteiger partial charge in [-0.05, 0) is 36.4 Å². The van der Waals surface area contributed by atoms with E-state index in [-0.39, 0.29) is 20.4 Å². The molecule has 1 atom stereocenters. The number of nitrogens with one attached hydrogen (secondary N) is 1. The molecule has 0 spiro atoms. The minimum absolute atomic E-state index is 0.0350. The first-order valence-electron chi connectivity index (χ1n) is 9.24. The van der Waals surface area contributed by atoms with Gasteiger partial charge in [-0.1, -0.05) is 29.6 Å². The predicted molar refractivity (Wildman–Crippen MR) is 124 cm³/mol. The van der Waals surface area contributed by atoms with Crippen molar-refractivity contribution in [1.29, 1.82) is 5.26 Å². The first-order chi connectivity index (χ1) is 15.9. The number of aromatic nitrogens is 3. The fourth-order valence-corrected chi connectivity index (χ4v) is 4.91. The van der Waals surface area contributed by atoms with E-state index < -0.39 is 15.9 Å². The number of para-hydroxylation sites is 2. The summed E-state index contributed by atoms with van der Waals surface area (Å²) in [4.78, 5) is 19.6. The van der Waals surface area contributed by atoms with E-state index in [0.717, 1.165) is 0 Å². The summed E-state index contributed by atoms with van der Waals surface area (Å²) in [6, 6.07) is 14.5. The van der Waals surface area contributed by atoms with Gasteiger partial charge in [0.05, 0.1) is 27.7 Å². The van der Waals surface area contributed by atoms with Crippen LogP contribution in [0, 0.1) is 16.0 Å². The average molecular weight is 496 g/mol. The van der Waals surface area contributed by atoms with E-state index >= 15 is 0 Å². The minimum atomic E-state index is -3.79. The second-order valence-corrected chi connectivity index (χ2v) is 9.44. The van der Waals surface area contributed by atoms with Crippen molar-refractivity contribution in [3.8, 4) is 6.07 Å². The van der Waals surface area contributed by atoms with Crippen LogP contribution in [0.3, 0.4) is 0 Å². The van der Waals surface area contributed by atoms with Crippen LogP contribution in [0.25, 0.3) is 11.0 Å². The Morgan fingerprint density at radius 2 is 1.97 bits per heavy atom. The molecule has 164 valence electrons. The van der Waals surface area contributed by atoms with Crippen molar-refractivity contribution < 1.29 is 13.2 Å². The zero-order chi connectivity index (χ0) is 23.4. The second kappa shape index (κ2) is 9.33. The molecule has 33 heavy (non-hydrogen) atoms. The summed E-state index contributed by atoms with van der Waals surface area (Å²) in [5, 5.41) is 19.5. The van der Waals surface area contributed by atoms with Gasteiger partial charge in [-0.3, -0.25) is 4.72 Å². The molecule has 2 aromatic carbocycles. The van der Waals surface area contributed by atoms with Crippen molar-refractivity contribution in [1.82, 2.24) is 14.6 Å². The third kappa shape index (κ3) is 4.67. The average Bonchev–Trinajstić information content (AvgIpc) is 3.32. The lowest BCUT2D eigenvalue weighted by Crippen LogP contribution is -2.12. The number of benzene rings is 2. The fourth-order valence-electron chi connectivity index (χ4n) is 2.82. The van der Waals surface area contributed by atoms with Gasteiger partial charge in [0, 0.05) is 11.6 Å². The smallest absolute Gasteiger partial charge is 0.263 e. The van der Waals surface area contributed by atoms with E-state index in [2.05, 4.69) is 25.0 Å². The van der Waals surface area contributed by atoms with Gasteiger partial charge >= 0.3 is 0 Å². The van der Waals surface area contributed by atoms with Crippen LogP contribution in [-0.2, 0) is 14.8 Å². The van der Waals surface area contributed by atoms with E-state index in [1.54, 1.807) is 29.6 Å². The molecule has 0 fully saturated rings. The molecule has 4 rings (SSSR count). The summed E-state index contributed by atoms with van der Waals surface area (Å²) in [7, 11) is -3.79. The zero-order valence-electron chi connectivity index (χ0n) is 16.6. The summed E-state index contributed by atoms with van der Waals surface area (Å²) < 4.78 is 28.7. The molecule has 2 aromatic heterocycles. The Morgan fingerprint density at radius 3 is 2.64 bits per heavy atom. The number of sulfonamides is 1. The molecule has 0 saturated heterocycles. The largest absolute Gasteiger partial charge is 0.301 e. The van der Waals surface area contributed by atoms with Crippen LogP contribution in [0.1, 0.15) is 11.6 Å². The van der Waals surface area contributed by atoms with Gasteiger partial charge in [0.1, 0.15) is 17.9 Å². The molecule has 1 N–H and O–H groups in total. The Labute approximate surface area is 196 Å². The molecule has 0 aliphatic carbocycles. The number of hydrogen-bond acceptors (Lipinski definition) is 10. The highest BCUT2D eigenvalue weighted by atomic mass is 32.2. The Balaban J connectivity index is 1.69. The number of carbonyl (C=O) groups excluding carboxylic acids is 1. The van der Waals surface area contributed by atoms with Crippen LogP contribution in [-0.4, -0.2) is 29.3 Å². The maximum atomic E-state index is 12.5. The second-order valence-electron chi connectivity index (χ2n) is 6.47. The number of rotatable bonds is 7. The topological polar surface area (TPSA) is 142 Å². The summed E-state index contributed by atoms with van der Waals surface area (Å²) in [5.41, 5.74) is 1.48. The number of fused-ring (bicyclic) bond motifs is 1. The minimum Gasteiger partial charge on any atom is -0.301 e. The van der Waals surface area contributed by atoms with E-state index in [9.17, 15) is 18.5 Å². The number of nitrogens with zero attached hydrogens (tertiary/aromatic N) is 6. The molecule has 4 aromatic rings. The molecule has 0 bridgehead atoms. The van der Waals surface area contributed by atoms with Crippen LogP contribution in [0.5, 0.6) is 0 Å².